The highest BCUT2D eigenvalue weighted by atomic mass is 16.2. The van der Waals surface area contributed by atoms with E-state index in [2.05, 4.69) is 35.1 Å². The summed E-state index contributed by atoms with van der Waals surface area (Å²) in [4.78, 5) is 22.3. The van der Waals surface area contributed by atoms with E-state index in [-0.39, 0.29) is 5.91 Å². The molecule has 0 saturated carbocycles. The van der Waals surface area contributed by atoms with E-state index in [1.54, 1.807) is 12.4 Å². The molecule has 2 heterocycles. The Hall–Kier alpha value is -2.23. The van der Waals surface area contributed by atoms with Crippen LogP contribution in [0.15, 0.2) is 42.9 Å². The van der Waals surface area contributed by atoms with Gasteiger partial charge in [0.1, 0.15) is 5.69 Å². The molecule has 0 N–H and O–H groups in total. The number of carbonyl (C=O) groups is 1. The topological polar surface area (TPSA) is 46.1 Å². The van der Waals surface area contributed by atoms with Crippen molar-refractivity contribution in [3.05, 3.63) is 59.7 Å². The summed E-state index contributed by atoms with van der Waals surface area (Å²) in [5.41, 5.74) is 2.97. The summed E-state index contributed by atoms with van der Waals surface area (Å²) in [6.45, 7) is 3.53. The van der Waals surface area contributed by atoms with Crippen LogP contribution in [0.4, 0.5) is 0 Å². The summed E-state index contributed by atoms with van der Waals surface area (Å²) in [6.07, 6.45) is 4.65. The van der Waals surface area contributed by atoms with Gasteiger partial charge in [-0.3, -0.25) is 9.78 Å². The first-order valence-corrected chi connectivity index (χ1v) is 6.39. The minimum Gasteiger partial charge on any atom is -0.332 e. The molecule has 4 nitrogen and oxygen atoms in total. The third-order valence-corrected chi connectivity index (χ3v) is 3.51. The lowest BCUT2D eigenvalue weighted by atomic mass is 9.91. The molecule has 0 bridgehead atoms. The van der Waals surface area contributed by atoms with E-state index in [0.29, 0.717) is 18.2 Å². The minimum absolute atomic E-state index is 0.0468. The molecule has 1 aliphatic heterocycles. The lowest BCUT2D eigenvalue weighted by Crippen LogP contribution is -2.37. The highest BCUT2D eigenvalue weighted by Crippen LogP contribution is 2.28. The second kappa shape index (κ2) is 4.80. The SMILES string of the molecule is CC1CN(C(=O)c2cnccn2)Cc2ccccc21. The predicted octanol–water partition coefficient (Wildman–Crippen LogP) is 2.24. The number of aromatic nitrogens is 2. The molecule has 1 amide bonds. The molecule has 0 radical (unpaired) electrons. The van der Waals surface area contributed by atoms with Crippen molar-refractivity contribution < 1.29 is 4.79 Å². The molecular formula is C15H15N3O. The normalized spacial score (nSPS) is 17.9. The molecule has 1 aromatic heterocycles. The molecule has 1 atom stereocenters. The molecule has 2 aromatic rings. The number of hydrogen-bond donors (Lipinski definition) is 0. The van der Waals surface area contributed by atoms with Gasteiger partial charge in [0.2, 0.25) is 0 Å². The summed E-state index contributed by atoms with van der Waals surface area (Å²) in [7, 11) is 0. The number of fused-ring (bicyclic) bond motifs is 1. The third kappa shape index (κ3) is 2.21. The van der Waals surface area contributed by atoms with Crippen LogP contribution in [-0.4, -0.2) is 27.3 Å². The zero-order valence-corrected chi connectivity index (χ0v) is 10.8. The Labute approximate surface area is 112 Å². The van der Waals surface area contributed by atoms with Crippen LogP contribution < -0.4 is 0 Å². The lowest BCUT2D eigenvalue weighted by molar-refractivity contribution is 0.0714. The Morgan fingerprint density at radius 2 is 2.16 bits per heavy atom. The zero-order valence-electron chi connectivity index (χ0n) is 10.8. The molecule has 19 heavy (non-hydrogen) atoms. The molecule has 96 valence electrons. The van der Waals surface area contributed by atoms with Gasteiger partial charge in [-0.2, -0.15) is 0 Å². The number of rotatable bonds is 1. The maximum atomic E-state index is 12.4. The van der Waals surface area contributed by atoms with E-state index in [9.17, 15) is 4.79 Å². The van der Waals surface area contributed by atoms with Crippen molar-refractivity contribution in [1.82, 2.24) is 14.9 Å². The molecular weight excluding hydrogens is 238 g/mol. The van der Waals surface area contributed by atoms with Crippen LogP contribution in [0.2, 0.25) is 0 Å². The summed E-state index contributed by atoms with van der Waals surface area (Å²) in [6, 6.07) is 8.30. The van der Waals surface area contributed by atoms with Crippen molar-refractivity contribution in [2.75, 3.05) is 6.54 Å². The van der Waals surface area contributed by atoms with Gasteiger partial charge in [-0.25, -0.2) is 4.98 Å². The van der Waals surface area contributed by atoms with Gasteiger partial charge in [-0.1, -0.05) is 31.2 Å². The maximum absolute atomic E-state index is 12.4. The fourth-order valence-corrected chi connectivity index (χ4v) is 2.58. The quantitative estimate of drug-likeness (QED) is 0.783. The van der Waals surface area contributed by atoms with E-state index in [4.69, 9.17) is 0 Å². The van der Waals surface area contributed by atoms with Crippen molar-refractivity contribution in [2.45, 2.75) is 19.4 Å². The molecule has 0 fully saturated rings. The second-order valence-electron chi connectivity index (χ2n) is 4.88. The van der Waals surface area contributed by atoms with E-state index >= 15 is 0 Å². The first-order chi connectivity index (χ1) is 9.25. The number of carbonyl (C=O) groups excluding carboxylic acids is 1. The molecule has 0 aliphatic carbocycles. The Bertz CT molecular complexity index is 597. The van der Waals surface area contributed by atoms with Crippen molar-refractivity contribution in [3.8, 4) is 0 Å². The Morgan fingerprint density at radius 3 is 2.95 bits per heavy atom. The standard InChI is InChI=1S/C15H15N3O/c1-11-9-18(10-12-4-2-3-5-13(11)12)15(19)14-8-16-6-7-17-14/h2-8,11H,9-10H2,1H3. The van der Waals surface area contributed by atoms with Crippen LogP contribution >= 0.6 is 0 Å². The average Bonchev–Trinajstić information content (AvgIpc) is 2.47. The van der Waals surface area contributed by atoms with E-state index in [1.165, 1.54) is 17.3 Å². The van der Waals surface area contributed by atoms with Crippen molar-refractivity contribution in [2.24, 2.45) is 0 Å². The van der Waals surface area contributed by atoms with Gasteiger partial charge in [0.05, 0.1) is 6.20 Å². The van der Waals surface area contributed by atoms with E-state index in [0.717, 1.165) is 6.54 Å². The Morgan fingerprint density at radius 1 is 1.32 bits per heavy atom. The number of hydrogen-bond acceptors (Lipinski definition) is 3. The number of benzene rings is 1. The summed E-state index contributed by atoms with van der Waals surface area (Å²) >= 11 is 0. The van der Waals surface area contributed by atoms with Gasteiger partial charge in [0, 0.05) is 25.5 Å². The van der Waals surface area contributed by atoms with Crippen LogP contribution in [0.5, 0.6) is 0 Å². The first-order valence-electron chi connectivity index (χ1n) is 6.39. The Balaban J connectivity index is 1.88. The molecule has 1 aromatic carbocycles. The molecule has 1 aliphatic rings. The van der Waals surface area contributed by atoms with Crippen LogP contribution in [-0.2, 0) is 6.54 Å². The lowest BCUT2D eigenvalue weighted by Gasteiger charge is -2.32. The fraction of sp³-hybridized carbons (Fsp3) is 0.267. The van der Waals surface area contributed by atoms with E-state index < -0.39 is 0 Å². The summed E-state index contributed by atoms with van der Waals surface area (Å²) in [5.74, 6) is 0.306. The van der Waals surface area contributed by atoms with Crippen LogP contribution in [0, 0.1) is 0 Å². The number of amides is 1. The molecule has 1 unspecified atom stereocenters. The molecule has 0 spiro atoms. The van der Waals surface area contributed by atoms with Gasteiger partial charge in [0.25, 0.3) is 5.91 Å². The largest absolute Gasteiger partial charge is 0.332 e. The van der Waals surface area contributed by atoms with Crippen molar-refractivity contribution in [1.29, 1.82) is 0 Å². The van der Waals surface area contributed by atoms with Crippen LogP contribution in [0.1, 0.15) is 34.5 Å². The van der Waals surface area contributed by atoms with Crippen molar-refractivity contribution >= 4 is 5.91 Å². The minimum atomic E-state index is -0.0468. The predicted molar refractivity (Wildman–Crippen MR) is 71.6 cm³/mol. The van der Waals surface area contributed by atoms with Gasteiger partial charge in [-0.05, 0) is 17.0 Å². The average molecular weight is 253 g/mol. The van der Waals surface area contributed by atoms with Gasteiger partial charge < -0.3 is 4.90 Å². The van der Waals surface area contributed by atoms with Crippen LogP contribution in [0.25, 0.3) is 0 Å². The molecule has 3 rings (SSSR count). The van der Waals surface area contributed by atoms with Gasteiger partial charge >= 0.3 is 0 Å². The van der Waals surface area contributed by atoms with Crippen molar-refractivity contribution in [3.63, 3.8) is 0 Å². The number of nitrogens with zero attached hydrogens (tertiary/aromatic N) is 3. The fourth-order valence-electron chi connectivity index (χ4n) is 2.58. The second-order valence-corrected chi connectivity index (χ2v) is 4.88. The van der Waals surface area contributed by atoms with Gasteiger partial charge in [0.15, 0.2) is 0 Å². The smallest absolute Gasteiger partial charge is 0.274 e. The monoisotopic (exact) mass is 253 g/mol. The van der Waals surface area contributed by atoms with E-state index in [1.807, 2.05) is 11.0 Å². The first kappa shape index (κ1) is 11.8. The highest BCUT2D eigenvalue weighted by molar-refractivity contribution is 5.92. The summed E-state index contributed by atoms with van der Waals surface area (Å²) < 4.78 is 0. The molecule has 4 heteroatoms. The molecule has 0 saturated heterocycles. The zero-order chi connectivity index (χ0) is 13.2. The maximum Gasteiger partial charge on any atom is 0.274 e. The highest BCUT2D eigenvalue weighted by Gasteiger charge is 2.26. The van der Waals surface area contributed by atoms with Gasteiger partial charge in [-0.15, -0.1) is 0 Å². The van der Waals surface area contributed by atoms with Crippen LogP contribution in [0.3, 0.4) is 0 Å². The Kier molecular flexibility index (Phi) is 2.99. The third-order valence-electron chi connectivity index (χ3n) is 3.51. The summed E-state index contributed by atoms with van der Waals surface area (Å²) in [5, 5.41) is 0.